The van der Waals surface area contributed by atoms with Crippen LogP contribution in [-0.4, -0.2) is 56.3 Å². The Bertz CT molecular complexity index is 1090. The number of hydrogen-bond donors (Lipinski definition) is 1. The first kappa shape index (κ1) is 22.4. The minimum Gasteiger partial charge on any atom is -0.493 e. The largest absolute Gasteiger partial charge is 0.493 e. The average molecular weight is 428 g/mol. The summed E-state index contributed by atoms with van der Waals surface area (Å²) < 4.78 is 37.5. The minimum atomic E-state index is -0.901. The molecule has 0 aliphatic carbocycles. The van der Waals surface area contributed by atoms with E-state index in [1.807, 2.05) is 20.2 Å². The van der Waals surface area contributed by atoms with Crippen molar-refractivity contribution in [2.24, 2.45) is 0 Å². The van der Waals surface area contributed by atoms with Crippen LogP contribution in [0, 0.1) is 11.6 Å². The summed E-state index contributed by atoms with van der Waals surface area (Å²) in [7, 11) is 7.19. The van der Waals surface area contributed by atoms with E-state index >= 15 is 0 Å². The van der Waals surface area contributed by atoms with E-state index in [0.717, 1.165) is 37.0 Å². The molecule has 1 N–H and O–H groups in total. The number of nitrogens with one attached hydrogen (secondary N) is 1. The van der Waals surface area contributed by atoms with E-state index in [-0.39, 0.29) is 0 Å². The standard InChI is InChI=1S/C23H26F2N4O2/c1-29(2)11-5-10-26-23-16-13-20(30-3)21(31-4)14-19(16)27-22(28-23)9-7-15-6-8-17(24)18(25)12-15/h6-9,12-14H,5,10-11H2,1-4H3,(H,26,27,28)/b9-7+. The predicted octanol–water partition coefficient (Wildman–Crippen LogP) is 4.46. The van der Waals surface area contributed by atoms with E-state index in [2.05, 4.69) is 20.2 Å². The van der Waals surface area contributed by atoms with Crippen LogP contribution < -0.4 is 14.8 Å². The molecule has 0 amide bonds. The van der Waals surface area contributed by atoms with E-state index in [1.54, 1.807) is 32.4 Å². The van der Waals surface area contributed by atoms with Gasteiger partial charge >= 0.3 is 0 Å². The summed E-state index contributed by atoms with van der Waals surface area (Å²) >= 11 is 0. The van der Waals surface area contributed by atoms with Crippen LogP contribution in [0.1, 0.15) is 17.8 Å². The summed E-state index contributed by atoms with van der Waals surface area (Å²) in [6, 6.07) is 7.33. The Hall–Kier alpha value is -3.26. The molecule has 0 atom stereocenters. The third kappa shape index (κ3) is 5.67. The highest BCUT2D eigenvalue weighted by molar-refractivity contribution is 5.92. The Balaban J connectivity index is 1.98. The maximum atomic E-state index is 13.5. The lowest BCUT2D eigenvalue weighted by atomic mass is 10.2. The smallest absolute Gasteiger partial charge is 0.162 e. The van der Waals surface area contributed by atoms with Crippen molar-refractivity contribution in [1.29, 1.82) is 0 Å². The number of methoxy groups -OCH3 is 2. The van der Waals surface area contributed by atoms with Gasteiger partial charge in [0.15, 0.2) is 29.0 Å². The fraction of sp³-hybridized carbons (Fsp3) is 0.304. The van der Waals surface area contributed by atoms with Gasteiger partial charge in [-0.05, 0) is 56.9 Å². The van der Waals surface area contributed by atoms with Gasteiger partial charge < -0.3 is 19.7 Å². The van der Waals surface area contributed by atoms with Gasteiger partial charge in [0.25, 0.3) is 0 Å². The predicted molar refractivity (Wildman–Crippen MR) is 120 cm³/mol. The number of rotatable bonds is 9. The highest BCUT2D eigenvalue weighted by Crippen LogP contribution is 2.34. The van der Waals surface area contributed by atoms with Crippen molar-refractivity contribution in [3.63, 3.8) is 0 Å². The first-order valence-electron chi connectivity index (χ1n) is 9.86. The Morgan fingerprint density at radius 3 is 2.39 bits per heavy atom. The molecule has 2 aromatic carbocycles. The molecule has 8 heteroatoms. The third-order valence-corrected chi connectivity index (χ3v) is 4.66. The Morgan fingerprint density at radius 1 is 0.968 bits per heavy atom. The third-order valence-electron chi connectivity index (χ3n) is 4.66. The van der Waals surface area contributed by atoms with Crippen molar-refractivity contribution in [2.75, 3.05) is 46.7 Å². The zero-order chi connectivity index (χ0) is 22.4. The van der Waals surface area contributed by atoms with E-state index in [0.29, 0.717) is 34.2 Å². The molecular formula is C23H26F2N4O2. The van der Waals surface area contributed by atoms with Crippen molar-refractivity contribution in [2.45, 2.75) is 6.42 Å². The molecule has 0 aliphatic heterocycles. The Morgan fingerprint density at radius 2 is 1.71 bits per heavy atom. The number of halogens is 2. The van der Waals surface area contributed by atoms with Crippen LogP contribution >= 0.6 is 0 Å². The summed E-state index contributed by atoms with van der Waals surface area (Å²) in [4.78, 5) is 11.3. The first-order chi connectivity index (χ1) is 14.9. The lowest BCUT2D eigenvalue weighted by Crippen LogP contribution is -2.17. The van der Waals surface area contributed by atoms with Crippen LogP contribution in [-0.2, 0) is 0 Å². The van der Waals surface area contributed by atoms with Gasteiger partial charge in [0, 0.05) is 18.0 Å². The summed E-state index contributed by atoms with van der Waals surface area (Å²) in [5.41, 5.74) is 1.18. The second-order valence-corrected chi connectivity index (χ2v) is 7.25. The molecule has 3 rings (SSSR count). The minimum absolute atomic E-state index is 0.430. The van der Waals surface area contributed by atoms with Gasteiger partial charge in [-0.3, -0.25) is 0 Å². The average Bonchev–Trinajstić information content (AvgIpc) is 2.76. The molecule has 0 radical (unpaired) electrons. The van der Waals surface area contributed by atoms with Gasteiger partial charge in [0.2, 0.25) is 0 Å². The quantitative estimate of drug-likeness (QED) is 0.508. The van der Waals surface area contributed by atoms with Gasteiger partial charge in [0.05, 0.1) is 19.7 Å². The van der Waals surface area contributed by atoms with Crippen molar-refractivity contribution in [3.8, 4) is 11.5 Å². The van der Waals surface area contributed by atoms with Crippen molar-refractivity contribution < 1.29 is 18.3 Å². The summed E-state index contributed by atoms with van der Waals surface area (Å²) in [6.45, 7) is 1.67. The number of ether oxygens (including phenoxy) is 2. The van der Waals surface area contributed by atoms with Gasteiger partial charge in [-0.25, -0.2) is 18.7 Å². The summed E-state index contributed by atoms with van der Waals surface area (Å²) in [5.74, 6) is 0.447. The normalized spacial score (nSPS) is 11.5. The topological polar surface area (TPSA) is 59.5 Å². The molecular weight excluding hydrogens is 402 g/mol. The first-order valence-corrected chi connectivity index (χ1v) is 9.86. The molecule has 3 aromatic rings. The van der Waals surface area contributed by atoms with E-state index < -0.39 is 11.6 Å². The van der Waals surface area contributed by atoms with Gasteiger partial charge in [-0.1, -0.05) is 12.1 Å². The van der Waals surface area contributed by atoms with Crippen molar-refractivity contribution in [3.05, 3.63) is 53.4 Å². The SMILES string of the molecule is COc1cc2nc(/C=C/c3ccc(F)c(F)c3)nc(NCCCN(C)C)c2cc1OC. The van der Waals surface area contributed by atoms with Crippen LogP contribution in [0.15, 0.2) is 30.3 Å². The molecule has 31 heavy (non-hydrogen) atoms. The Labute approximate surface area is 180 Å². The second kappa shape index (κ2) is 10.2. The lowest BCUT2D eigenvalue weighted by molar-refractivity contribution is 0.356. The molecule has 6 nitrogen and oxygen atoms in total. The molecule has 1 heterocycles. The van der Waals surface area contributed by atoms with Crippen LogP contribution in [0.4, 0.5) is 14.6 Å². The zero-order valence-electron chi connectivity index (χ0n) is 18.1. The fourth-order valence-corrected chi connectivity index (χ4v) is 3.07. The number of nitrogens with zero attached hydrogens (tertiary/aromatic N) is 3. The van der Waals surface area contributed by atoms with E-state index in [1.165, 1.54) is 6.07 Å². The van der Waals surface area contributed by atoms with Crippen LogP contribution in [0.5, 0.6) is 11.5 Å². The summed E-state index contributed by atoms with van der Waals surface area (Å²) in [6.07, 6.45) is 4.24. The van der Waals surface area contributed by atoms with Crippen molar-refractivity contribution in [1.82, 2.24) is 14.9 Å². The summed E-state index contributed by atoms with van der Waals surface area (Å²) in [5, 5.41) is 4.17. The molecule has 164 valence electrons. The molecule has 0 bridgehead atoms. The van der Waals surface area contributed by atoms with Crippen LogP contribution in [0.3, 0.4) is 0 Å². The van der Waals surface area contributed by atoms with Gasteiger partial charge in [-0.2, -0.15) is 0 Å². The second-order valence-electron chi connectivity index (χ2n) is 7.25. The highest BCUT2D eigenvalue weighted by Gasteiger charge is 2.12. The molecule has 0 unspecified atom stereocenters. The molecule has 0 spiro atoms. The van der Waals surface area contributed by atoms with E-state index in [9.17, 15) is 8.78 Å². The number of aromatic nitrogens is 2. The molecule has 0 saturated heterocycles. The molecule has 1 aromatic heterocycles. The van der Waals surface area contributed by atoms with Gasteiger partial charge in [0.1, 0.15) is 5.82 Å². The van der Waals surface area contributed by atoms with Gasteiger partial charge in [-0.15, -0.1) is 0 Å². The zero-order valence-corrected chi connectivity index (χ0v) is 18.1. The molecule has 0 aliphatic rings. The van der Waals surface area contributed by atoms with Crippen molar-refractivity contribution >= 4 is 28.9 Å². The van der Waals surface area contributed by atoms with E-state index in [4.69, 9.17) is 9.47 Å². The van der Waals surface area contributed by atoms with Crippen LogP contribution in [0.2, 0.25) is 0 Å². The highest BCUT2D eigenvalue weighted by atomic mass is 19.2. The Kier molecular flexibility index (Phi) is 7.36. The number of hydrogen-bond acceptors (Lipinski definition) is 6. The number of fused-ring (bicyclic) bond motifs is 1. The monoisotopic (exact) mass is 428 g/mol. The number of anilines is 1. The number of benzene rings is 2. The lowest BCUT2D eigenvalue weighted by Gasteiger charge is -2.14. The van der Waals surface area contributed by atoms with Crippen LogP contribution in [0.25, 0.3) is 23.1 Å². The maximum Gasteiger partial charge on any atom is 0.162 e. The molecule has 0 fully saturated rings. The maximum absolute atomic E-state index is 13.5. The fourth-order valence-electron chi connectivity index (χ4n) is 3.07. The molecule has 0 saturated carbocycles.